The lowest BCUT2D eigenvalue weighted by atomic mass is 9.82. The Balaban J connectivity index is 1.85. The lowest BCUT2D eigenvalue weighted by Gasteiger charge is -2.39. The van der Waals surface area contributed by atoms with E-state index in [0.29, 0.717) is 36.1 Å². The number of aliphatic imine (C=N–C) groups is 1. The summed E-state index contributed by atoms with van der Waals surface area (Å²) in [4.78, 5) is 35.3. The number of aryl methyl sites for hydroxylation is 1. The number of rotatable bonds is 6. The van der Waals surface area contributed by atoms with Gasteiger partial charge in [-0.2, -0.15) is 0 Å². The predicted molar refractivity (Wildman–Crippen MR) is 121 cm³/mol. The number of nitrogens with zero attached hydrogens (tertiary/aromatic N) is 4. The lowest BCUT2D eigenvalue weighted by molar-refractivity contribution is -0.137. The molecule has 1 aromatic carbocycles. The molecule has 35 heavy (non-hydrogen) atoms. The molecule has 0 aliphatic carbocycles. The van der Waals surface area contributed by atoms with Gasteiger partial charge in [0.05, 0.1) is 25.9 Å². The highest BCUT2D eigenvalue weighted by Gasteiger charge is 2.43. The molecule has 4 rings (SSSR count). The van der Waals surface area contributed by atoms with Crippen molar-refractivity contribution < 1.29 is 33.3 Å². The molecule has 0 bridgehead atoms. The third-order valence-corrected chi connectivity index (χ3v) is 6.01. The summed E-state index contributed by atoms with van der Waals surface area (Å²) in [6.45, 7) is 2.60. The normalized spacial score (nSPS) is 22.9. The lowest BCUT2D eigenvalue weighted by Crippen LogP contribution is -2.52. The molecule has 2 atom stereocenters. The number of morpholine rings is 1. The third kappa shape index (κ3) is 4.88. The average molecular weight is 487 g/mol. The van der Waals surface area contributed by atoms with Gasteiger partial charge in [-0.15, -0.1) is 0 Å². The summed E-state index contributed by atoms with van der Waals surface area (Å²) in [5.41, 5.74) is -0.0778. The van der Waals surface area contributed by atoms with Gasteiger partial charge in [0.1, 0.15) is 11.4 Å². The van der Waals surface area contributed by atoms with Crippen molar-refractivity contribution in [3.05, 3.63) is 65.1 Å². The molecule has 2 N–H and O–H groups in total. The molecular formula is C23H26FN5O6. The van der Waals surface area contributed by atoms with E-state index in [2.05, 4.69) is 10.3 Å². The maximum absolute atomic E-state index is 13.7. The van der Waals surface area contributed by atoms with Crippen LogP contribution in [0.15, 0.2) is 52.9 Å². The topological polar surface area (TPSA) is 128 Å². The Morgan fingerprint density at radius 2 is 2.09 bits per heavy atom. The van der Waals surface area contributed by atoms with Crippen molar-refractivity contribution in [2.45, 2.75) is 18.7 Å². The highest BCUT2D eigenvalue weighted by molar-refractivity contribution is 6.02. The zero-order valence-corrected chi connectivity index (χ0v) is 19.5. The predicted octanol–water partition coefficient (Wildman–Crippen LogP) is 1.60. The summed E-state index contributed by atoms with van der Waals surface area (Å²) in [6, 6.07) is 5.72. The minimum Gasteiger partial charge on any atom is -0.466 e. The fourth-order valence-electron chi connectivity index (χ4n) is 4.26. The number of aromatic nitrogens is 2. The van der Waals surface area contributed by atoms with Crippen LogP contribution in [0.1, 0.15) is 18.3 Å². The first kappa shape index (κ1) is 24.4. The van der Waals surface area contributed by atoms with E-state index in [9.17, 15) is 14.0 Å². The molecule has 1 fully saturated rings. The summed E-state index contributed by atoms with van der Waals surface area (Å²) in [5.74, 6) is -0.160. The summed E-state index contributed by atoms with van der Waals surface area (Å²) in [7, 11) is 3.07. The van der Waals surface area contributed by atoms with Crippen molar-refractivity contribution in [1.82, 2.24) is 19.8 Å². The molecule has 0 unspecified atom stereocenters. The standard InChI is InChI=1S/C23H26FN5O6/c1-23(14-4-6-15(24)7-5-14)18(21(30)33-3)16(26-19(27-23)20-25-8-9-28(20)2)12-29-10-11-34-13-17(29)35-22(31)32/h4-9,17H,10-13H2,1-3H3,(H,26,27)(H,31,32)/t17-,23-/m0/s1. The van der Waals surface area contributed by atoms with Gasteiger partial charge in [0, 0.05) is 38.2 Å². The monoisotopic (exact) mass is 487 g/mol. The summed E-state index contributed by atoms with van der Waals surface area (Å²) in [5, 5.41) is 12.4. The van der Waals surface area contributed by atoms with Crippen LogP contribution >= 0.6 is 0 Å². The van der Waals surface area contributed by atoms with E-state index >= 15 is 0 Å². The summed E-state index contributed by atoms with van der Waals surface area (Å²) >= 11 is 0. The first-order valence-corrected chi connectivity index (χ1v) is 10.9. The van der Waals surface area contributed by atoms with Crippen molar-refractivity contribution >= 4 is 18.0 Å². The molecule has 186 valence electrons. The molecule has 0 saturated carbocycles. The van der Waals surface area contributed by atoms with E-state index in [-0.39, 0.29) is 18.7 Å². The number of methoxy groups -OCH3 is 1. The molecule has 0 spiro atoms. The number of imidazole rings is 1. The number of carbonyl (C=O) groups excluding carboxylic acids is 1. The highest BCUT2D eigenvalue weighted by atomic mass is 19.1. The quantitative estimate of drug-likeness (QED) is 0.584. The third-order valence-electron chi connectivity index (χ3n) is 6.01. The van der Waals surface area contributed by atoms with Gasteiger partial charge < -0.3 is 29.2 Å². The average Bonchev–Trinajstić information content (AvgIpc) is 3.25. The summed E-state index contributed by atoms with van der Waals surface area (Å²) in [6.07, 6.45) is 1.07. The van der Waals surface area contributed by atoms with Crippen LogP contribution in [0, 0.1) is 5.82 Å². The van der Waals surface area contributed by atoms with Crippen LogP contribution in [-0.4, -0.2) is 77.2 Å². The Morgan fingerprint density at radius 1 is 1.34 bits per heavy atom. The number of carboxylic acid groups (broad SMARTS) is 1. The van der Waals surface area contributed by atoms with Crippen LogP contribution in [0.25, 0.3) is 0 Å². The molecule has 1 aromatic heterocycles. The van der Waals surface area contributed by atoms with Crippen LogP contribution < -0.4 is 5.32 Å². The molecule has 12 heteroatoms. The van der Waals surface area contributed by atoms with E-state index in [0.717, 1.165) is 0 Å². The number of ether oxygens (including phenoxy) is 3. The van der Waals surface area contributed by atoms with Crippen molar-refractivity contribution in [1.29, 1.82) is 0 Å². The van der Waals surface area contributed by atoms with Gasteiger partial charge in [0.25, 0.3) is 0 Å². The van der Waals surface area contributed by atoms with Crippen LogP contribution in [-0.2, 0) is 31.6 Å². The van der Waals surface area contributed by atoms with Crippen molar-refractivity contribution in [3.63, 3.8) is 0 Å². The van der Waals surface area contributed by atoms with Gasteiger partial charge in [-0.1, -0.05) is 12.1 Å². The molecule has 1 saturated heterocycles. The Morgan fingerprint density at radius 3 is 2.71 bits per heavy atom. The largest absolute Gasteiger partial charge is 0.507 e. The van der Waals surface area contributed by atoms with Crippen molar-refractivity contribution in [3.8, 4) is 0 Å². The minimum atomic E-state index is -1.43. The van der Waals surface area contributed by atoms with E-state index in [1.165, 1.54) is 19.2 Å². The molecular weight excluding hydrogens is 461 g/mol. The van der Waals surface area contributed by atoms with E-state index in [1.807, 2.05) is 0 Å². The SMILES string of the molecule is COC(=O)C1=C(CN2CCOC[C@@H]2OC(=O)O)NC(c2nccn2C)=N[C@@]1(C)c1ccc(F)cc1. The Hall–Kier alpha value is -3.77. The maximum atomic E-state index is 13.7. The number of amidine groups is 1. The molecule has 2 aliphatic rings. The van der Waals surface area contributed by atoms with Crippen molar-refractivity contribution in [2.24, 2.45) is 12.0 Å². The molecule has 3 heterocycles. The maximum Gasteiger partial charge on any atom is 0.507 e. The van der Waals surface area contributed by atoms with Gasteiger partial charge in [0.15, 0.2) is 17.9 Å². The number of hydrogen-bond donors (Lipinski definition) is 2. The Bertz CT molecular complexity index is 1180. The second-order valence-electron chi connectivity index (χ2n) is 8.26. The van der Waals surface area contributed by atoms with E-state index in [4.69, 9.17) is 24.3 Å². The fourth-order valence-corrected chi connectivity index (χ4v) is 4.26. The van der Waals surface area contributed by atoms with E-state index < -0.39 is 29.7 Å². The summed E-state index contributed by atoms with van der Waals surface area (Å²) < 4.78 is 31.0. The van der Waals surface area contributed by atoms with Gasteiger partial charge in [-0.3, -0.25) is 4.90 Å². The number of hydrogen-bond acceptors (Lipinski definition) is 9. The highest BCUT2D eigenvalue weighted by Crippen LogP contribution is 2.39. The number of nitrogens with one attached hydrogen (secondary N) is 1. The molecule has 0 radical (unpaired) electrons. The van der Waals surface area contributed by atoms with Gasteiger partial charge in [-0.05, 0) is 24.6 Å². The molecule has 11 nitrogen and oxygen atoms in total. The number of esters is 1. The Labute approximate surface area is 200 Å². The number of halogens is 1. The Kier molecular flexibility index (Phi) is 6.85. The second-order valence-corrected chi connectivity index (χ2v) is 8.26. The van der Waals surface area contributed by atoms with Crippen LogP contribution in [0.5, 0.6) is 0 Å². The molecule has 2 aliphatic heterocycles. The van der Waals surface area contributed by atoms with Crippen LogP contribution in [0.2, 0.25) is 0 Å². The second kappa shape index (κ2) is 9.84. The van der Waals surface area contributed by atoms with Crippen LogP contribution in [0.3, 0.4) is 0 Å². The minimum absolute atomic E-state index is 0.0443. The van der Waals surface area contributed by atoms with Gasteiger partial charge in [-0.25, -0.2) is 24.0 Å². The van der Waals surface area contributed by atoms with Gasteiger partial charge >= 0.3 is 12.1 Å². The first-order valence-electron chi connectivity index (χ1n) is 10.9. The first-order chi connectivity index (χ1) is 16.7. The number of benzene rings is 1. The van der Waals surface area contributed by atoms with E-state index in [1.54, 1.807) is 48.0 Å². The van der Waals surface area contributed by atoms with Gasteiger partial charge in [0.2, 0.25) is 0 Å². The van der Waals surface area contributed by atoms with Crippen LogP contribution in [0.4, 0.5) is 9.18 Å². The zero-order chi connectivity index (χ0) is 25.2. The zero-order valence-electron chi connectivity index (χ0n) is 19.5. The van der Waals surface area contributed by atoms with Crippen molar-refractivity contribution in [2.75, 3.05) is 33.4 Å². The molecule has 2 aromatic rings. The fraction of sp³-hybridized carbons (Fsp3) is 0.391. The molecule has 0 amide bonds. The smallest absolute Gasteiger partial charge is 0.466 e. The number of carbonyl (C=O) groups is 2.